The highest BCUT2D eigenvalue weighted by Gasteiger charge is 2.28. The van der Waals surface area contributed by atoms with Gasteiger partial charge < -0.3 is 5.32 Å². The standard InChI is InChI=1S/C16H22ClNO/c1-11-8-9-14(12(2)10-11)18-16(19)15(17)13-6-4-3-5-7-13/h3-7,11-12,14-15H,8-10H2,1-2H3,(H,18,19). The van der Waals surface area contributed by atoms with E-state index in [-0.39, 0.29) is 11.9 Å². The maximum Gasteiger partial charge on any atom is 0.242 e. The predicted molar refractivity (Wildman–Crippen MR) is 79.1 cm³/mol. The lowest BCUT2D eigenvalue weighted by molar-refractivity contribution is -0.122. The summed E-state index contributed by atoms with van der Waals surface area (Å²) in [4.78, 5) is 12.2. The number of hydrogen-bond donors (Lipinski definition) is 1. The zero-order valence-electron chi connectivity index (χ0n) is 11.6. The van der Waals surface area contributed by atoms with Crippen molar-refractivity contribution in [2.75, 3.05) is 0 Å². The van der Waals surface area contributed by atoms with E-state index in [4.69, 9.17) is 11.6 Å². The molecule has 1 aliphatic carbocycles. The van der Waals surface area contributed by atoms with Crippen molar-refractivity contribution in [3.05, 3.63) is 35.9 Å². The number of rotatable bonds is 3. The minimum absolute atomic E-state index is 0.0701. The fourth-order valence-electron chi connectivity index (χ4n) is 2.91. The third kappa shape index (κ3) is 3.73. The third-order valence-electron chi connectivity index (χ3n) is 4.08. The number of halogens is 1. The van der Waals surface area contributed by atoms with Crippen molar-refractivity contribution in [1.29, 1.82) is 0 Å². The summed E-state index contributed by atoms with van der Waals surface area (Å²) in [7, 11) is 0. The summed E-state index contributed by atoms with van der Waals surface area (Å²) in [5, 5.41) is 2.53. The van der Waals surface area contributed by atoms with Crippen molar-refractivity contribution >= 4 is 17.5 Å². The van der Waals surface area contributed by atoms with Gasteiger partial charge in [0.2, 0.25) is 5.91 Å². The Morgan fingerprint density at radius 3 is 2.58 bits per heavy atom. The van der Waals surface area contributed by atoms with Crippen molar-refractivity contribution in [2.45, 2.75) is 44.5 Å². The molecule has 1 saturated carbocycles. The van der Waals surface area contributed by atoms with E-state index in [0.717, 1.165) is 17.9 Å². The first-order valence-electron chi connectivity index (χ1n) is 7.07. The van der Waals surface area contributed by atoms with Crippen LogP contribution < -0.4 is 5.32 Å². The Morgan fingerprint density at radius 1 is 1.26 bits per heavy atom. The van der Waals surface area contributed by atoms with Gasteiger partial charge in [-0.1, -0.05) is 44.2 Å². The molecule has 4 unspecified atom stereocenters. The molecule has 104 valence electrons. The van der Waals surface area contributed by atoms with Crippen molar-refractivity contribution in [2.24, 2.45) is 11.8 Å². The van der Waals surface area contributed by atoms with Crippen LogP contribution in [0.25, 0.3) is 0 Å². The first-order valence-corrected chi connectivity index (χ1v) is 7.51. The van der Waals surface area contributed by atoms with Crippen molar-refractivity contribution in [1.82, 2.24) is 5.32 Å². The van der Waals surface area contributed by atoms with Gasteiger partial charge >= 0.3 is 0 Å². The first-order chi connectivity index (χ1) is 9.08. The maximum atomic E-state index is 12.2. The van der Waals surface area contributed by atoms with E-state index in [1.807, 2.05) is 30.3 Å². The highest BCUT2D eigenvalue weighted by Crippen LogP contribution is 2.29. The highest BCUT2D eigenvalue weighted by atomic mass is 35.5. The van der Waals surface area contributed by atoms with Gasteiger partial charge in [-0.25, -0.2) is 0 Å². The van der Waals surface area contributed by atoms with Gasteiger partial charge in [-0.05, 0) is 36.7 Å². The molecule has 0 heterocycles. The van der Waals surface area contributed by atoms with Crippen molar-refractivity contribution < 1.29 is 4.79 Å². The molecule has 0 spiro atoms. The summed E-state index contributed by atoms with van der Waals surface area (Å²) in [5.41, 5.74) is 0.860. The second kappa shape index (κ2) is 6.42. The third-order valence-corrected chi connectivity index (χ3v) is 4.53. The molecule has 1 aromatic carbocycles. The quantitative estimate of drug-likeness (QED) is 0.835. The normalized spacial score (nSPS) is 28.7. The molecule has 1 aliphatic rings. The molecule has 1 amide bonds. The number of carbonyl (C=O) groups is 1. The Morgan fingerprint density at radius 2 is 1.95 bits per heavy atom. The SMILES string of the molecule is CC1CCC(NC(=O)C(Cl)c2ccccc2)C(C)C1. The molecule has 0 aromatic heterocycles. The lowest BCUT2D eigenvalue weighted by Gasteiger charge is -2.33. The summed E-state index contributed by atoms with van der Waals surface area (Å²) >= 11 is 6.24. The number of benzene rings is 1. The van der Waals surface area contributed by atoms with Crippen LogP contribution in [0.15, 0.2) is 30.3 Å². The number of alkyl halides is 1. The van der Waals surface area contributed by atoms with Gasteiger partial charge in [0, 0.05) is 6.04 Å². The van der Waals surface area contributed by atoms with E-state index in [2.05, 4.69) is 19.2 Å². The molecule has 4 atom stereocenters. The molecule has 2 nitrogen and oxygen atoms in total. The Bertz CT molecular complexity index is 420. The summed E-state index contributed by atoms with van der Waals surface area (Å²) in [6.07, 6.45) is 3.43. The van der Waals surface area contributed by atoms with Crippen molar-refractivity contribution in [3.63, 3.8) is 0 Å². The topological polar surface area (TPSA) is 29.1 Å². The lowest BCUT2D eigenvalue weighted by Crippen LogP contribution is -2.43. The van der Waals surface area contributed by atoms with E-state index >= 15 is 0 Å². The van der Waals surface area contributed by atoms with Crippen LogP contribution in [0.2, 0.25) is 0 Å². The Balaban J connectivity index is 1.94. The molecular weight excluding hydrogens is 258 g/mol. The summed E-state index contributed by atoms with van der Waals surface area (Å²) in [5.74, 6) is 1.23. The molecule has 1 aromatic rings. The minimum Gasteiger partial charge on any atom is -0.352 e. The second-order valence-corrected chi connectivity index (χ2v) is 6.22. The number of amides is 1. The van der Waals surface area contributed by atoms with E-state index in [1.165, 1.54) is 12.8 Å². The predicted octanol–water partition coefficient (Wildman–Crippen LogP) is 3.91. The zero-order chi connectivity index (χ0) is 13.8. The van der Waals surface area contributed by atoms with Gasteiger partial charge in [-0.3, -0.25) is 4.79 Å². The van der Waals surface area contributed by atoms with Crippen LogP contribution in [0, 0.1) is 11.8 Å². The van der Waals surface area contributed by atoms with Crippen LogP contribution >= 0.6 is 11.6 Å². The average molecular weight is 280 g/mol. The van der Waals surface area contributed by atoms with Crippen LogP contribution in [-0.2, 0) is 4.79 Å². The van der Waals surface area contributed by atoms with Gasteiger partial charge in [-0.2, -0.15) is 0 Å². The molecule has 19 heavy (non-hydrogen) atoms. The second-order valence-electron chi connectivity index (χ2n) is 5.78. The number of nitrogens with one attached hydrogen (secondary N) is 1. The smallest absolute Gasteiger partial charge is 0.242 e. The molecule has 2 rings (SSSR count). The lowest BCUT2D eigenvalue weighted by atomic mass is 9.80. The molecule has 0 aliphatic heterocycles. The Labute approximate surface area is 120 Å². The highest BCUT2D eigenvalue weighted by molar-refractivity contribution is 6.30. The summed E-state index contributed by atoms with van der Waals surface area (Å²) < 4.78 is 0. The van der Waals surface area contributed by atoms with Gasteiger partial charge in [0.1, 0.15) is 5.38 Å². The van der Waals surface area contributed by atoms with E-state index < -0.39 is 5.38 Å². The van der Waals surface area contributed by atoms with Crippen LogP contribution in [0.1, 0.15) is 44.1 Å². The molecule has 0 radical (unpaired) electrons. The van der Waals surface area contributed by atoms with Crippen LogP contribution in [-0.4, -0.2) is 11.9 Å². The summed E-state index contributed by atoms with van der Waals surface area (Å²) in [6.45, 7) is 4.50. The van der Waals surface area contributed by atoms with Gasteiger partial charge in [-0.15, -0.1) is 11.6 Å². The molecule has 1 N–H and O–H groups in total. The van der Waals surface area contributed by atoms with Gasteiger partial charge in [0.15, 0.2) is 0 Å². The molecule has 3 heteroatoms. The largest absolute Gasteiger partial charge is 0.352 e. The fourth-order valence-corrected chi connectivity index (χ4v) is 3.12. The molecule has 0 saturated heterocycles. The van der Waals surface area contributed by atoms with Crippen LogP contribution in [0.3, 0.4) is 0 Å². The van der Waals surface area contributed by atoms with E-state index in [1.54, 1.807) is 0 Å². The average Bonchev–Trinajstić information content (AvgIpc) is 2.42. The van der Waals surface area contributed by atoms with Crippen molar-refractivity contribution in [3.8, 4) is 0 Å². The molecule has 1 fully saturated rings. The van der Waals surface area contributed by atoms with Crippen LogP contribution in [0.5, 0.6) is 0 Å². The monoisotopic (exact) mass is 279 g/mol. The number of hydrogen-bond acceptors (Lipinski definition) is 1. The molecule has 0 bridgehead atoms. The number of carbonyl (C=O) groups excluding carboxylic acids is 1. The van der Waals surface area contributed by atoms with Gasteiger partial charge in [0.05, 0.1) is 0 Å². The van der Waals surface area contributed by atoms with E-state index in [0.29, 0.717) is 5.92 Å². The van der Waals surface area contributed by atoms with Gasteiger partial charge in [0.25, 0.3) is 0 Å². The zero-order valence-corrected chi connectivity index (χ0v) is 12.4. The fraction of sp³-hybridized carbons (Fsp3) is 0.562. The first kappa shape index (κ1) is 14.4. The van der Waals surface area contributed by atoms with E-state index in [9.17, 15) is 4.79 Å². The molecular formula is C16H22ClNO. The Hall–Kier alpha value is -1.02. The minimum atomic E-state index is -0.590. The van der Waals surface area contributed by atoms with Crippen LogP contribution in [0.4, 0.5) is 0 Å². The summed E-state index contributed by atoms with van der Waals surface area (Å²) in [6, 6.07) is 9.79. The Kier molecular flexibility index (Phi) is 4.87. The maximum absolute atomic E-state index is 12.2.